The summed E-state index contributed by atoms with van der Waals surface area (Å²) >= 11 is 0. The summed E-state index contributed by atoms with van der Waals surface area (Å²) in [4.78, 5) is 35.1. The Morgan fingerprint density at radius 3 is 2.39 bits per heavy atom. The average molecular weight is 450 g/mol. The van der Waals surface area contributed by atoms with Crippen molar-refractivity contribution in [3.63, 3.8) is 0 Å². The molecule has 8 heteroatoms. The smallest absolute Gasteiger partial charge is 0.258 e. The number of benzene rings is 2. The molecule has 0 fully saturated rings. The molecule has 0 unspecified atom stereocenters. The third kappa shape index (κ3) is 6.35. The highest BCUT2D eigenvalue weighted by atomic mass is 19.1. The molecule has 0 aliphatic rings. The molecule has 0 aliphatic heterocycles. The predicted octanol–water partition coefficient (Wildman–Crippen LogP) is 3.88. The largest absolute Gasteiger partial charge is 0.355 e. The standard InChI is InChI=1S/C25H28FN5O2/c1-17(2)31(16-19-9-5-4-6-10-19)24(33)21-15-29-25(28-14-13-27-18(3)32)30-23(21)20-11-7-8-12-22(20)26/h4-12,15,17H,13-14,16H2,1-3H3,(H,27,32)(H,28,29,30). The lowest BCUT2D eigenvalue weighted by Crippen LogP contribution is -2.37. The van der Waals surface area contributed by atoms with Crippen molar-refractivity contribution in [2.24, 2.45) is 0 Å². The van der Waals surface area contributed by atoms with E-state index in [1.807, 2.05) is 44.2 Å². The molecule has 1 aromatic heterocycles. The first-order valence-corrected chi connectivity index (χ1v) is 10.8. The number of amides is 2. The molecule has 0 aliphatic carbocycles. The second kappa shape index (κ2) is 11.2. The van der Waals surface area contributed by atoms with Crippen LogP contribution in [0.3, 0.4) is 0 Å². The summed E-state index contributed by atoms with van der Waals surface area (Å²) in [7, 11) is 0. The highest BCUT2D eigenvalue weighted by molar-refractivity contribution is 6.00. The van der Waals surface area contributed by atoms with Gasteiger partial charge in [-0.2, -0.15) is 0 Å². The van der Waals surface area contributed by atoms with Gasteiger partial charge < -0.3 is 15.5 Å². The molecular formula is C25H28FN5O2. The Kier molecular flexibility index (Phi) is 8.07. The van der Waals surface area contributed by atoms with E-state index in [4.69, 9.17) is 0 Å². The van der Waals surface area contributed by atoms with Crippen LogP contribution in [0.25, 0.3) is 11.3 Å². The van der Waals surface area contributed by atoms with Crippen molar-refractivity contribution in [1.29, 1.82) is 0 Å². The Labute approximate surface area is 193 Å². The van der Waals surface area contributed by atoms with E-state index in [0.29, 0.717) is 19.6 Å². The Morgan fingerprint density at radius 1 is 1.03 bits per heavy atom. The van der Waals surface area contributed by atoms with Crippen LogP contribution in [0.4, 0.5) is 10.3 Å². The third-order valence-corrected chi connectivity index (χ3v) is 5.01. The molecule has 1 heterocycles. The van der Waals surface area contributed by atoms with E-state index < -0.39 is 5.82 Å². The SMILES string of the molecule is CC(=O)NCCNc1ncc(C(=O)N(Cc2ccccc2)C(C)C)c(-c2ccccc2F)n1. The van der Waals surface area contributed by atoms with E-state index in [1.165, 1.54) is 19.2 Å². The lowest BCUT2D eigenvalue weighted by atomic mass is 10.0. The number of halogens is 1. The first-order valence-electron chi connectivity index (χ1n) is 10.8. The molecule has 172 valence electrons. The summed E-state index contributed by atoms with van der Waals surface area (Å²) in [6.07, 6.45) is 1.43. The van der Waals surface area contributed by atoms with E-state index in [-0.39, 0.29) is 40.6 Å². The summed E-state index contributed by atoms with van der Waals surface area (Å²) in [5.74, 6) is -0.655. The summed E-state index contributed by atoms with van der Waals surface area (Å²) in [6, 6.07) is 15.8. The maximum atomic E-state index is 14.7. The molecule has 7 nitrogen and oxygen atoms in total. The zero-order valence-corrected chi connectivity index (χ0v) is 19.0. The second-order valence-corrected chi connectivity index (χ2v) is 7.86. The van der Waals surface area contributed by atoms with E-state index in [0.717, 1.165) is 5.56 Å². The van der Waals surface area contributed by atoms with Gasteiger partial charge in [0.25, 0.3) is 5.91 Å². The molecule has 0 saturated heterocycles. The Morgan fingerprint density at radius 2 is 1.73 bits per heavy atom. The number of aromatic nitrogens is 2. The van der Waals surface area contributed by atoms with Gasteiger partial charge in [0.2, 0.25) is 11.9 Å². The number of nitrogens with zero attached hydrogens (tertiary/aromatic N) is 3. The van der Waals surface area contributed by atoms with Crippen LogP contribution in [0, 0.1) is 5.82 Å². The van der Waals surface area contributed by atoms with Gasteiger partial charge in [0.05, 0.1) is 11.3 Å². The van der Waals surface area contributed by atoms with Crippen LogP contribution in [0.5, 0.6) is 0 Å². The van der Waals surface area contributed by atoms with E-state index in [1.54, 1.807) is 23.1 Å². The van der Waals surface area contributed by atoms with Gasteiger partial charge in [-0.3, -0.25) is 9.59 Å². The van der Waals surface area contributed by atoms with Crippen molar-refractivity contribution in [3.05, 3.63) is 77.7 Å². The van der Waals surface area contributed by atoms with E-state index in [2.05, 4.69) is 20.6 Å². The lowest BCUT2D eigenvalue weighted by molar-refractivity contribution is -0.118. The second-order valence-electron chi connectivity index (χ2n) is 7.86. The molecule has 2 amide bonds. The normalized spacial score (nSPS) is 10.7. The van der Waals surface area contributed by atoms with Crippen molar-refractivity contribution < 1.29 is 14.0 Å². The third-order valence-electron chi connectivity index (χ3n) is 5.01. The Bertz CT molecular complexity index is 1100. The number of rotatable bonds is 9. The number of hydrogen-bond donors (Lipinski definition) is 2. The molecule has 3 aromatic rings. The van der Waals surface area contributed by atoms with Crippen LogP contribution < -0.4 is 10.6 Å². The van der Waals surface area contributed by atoms with Crippen LogP contribution in [0.1, 0.15) is 36.7 Å². The average Bonchev–Trinajstić information content (AvgIpc) is 2.80. The molecule has 3 rings (SSSR count). The monoisotopic (exact) mass is 449 g/mol. The highest BCUT2D eigenvalue weighted by Crippen LogP contribution is 2.27. The molecule has 33 heavy (non-hydrogen) atoms. The molecule has 0 bridgehead atoms. The molecule has 0 saturated carbocycles. The predicted molar refractivity (Wildman–Crippen MR) is 126 cm³/mol. The fraction of sp³-hybridized carbons (Fsp3) is 0.280. The summed E-state index contributed by atoms with van der Waals surface area (Å²) < 4.78 is 14.7. The summed E-state index contributed by atoms with van der Waals surface area (Å²) in [6.45, 7) is 6.47. The number of nitrogens with one attached hydrogen (secondary N) is 2. The minimum atomic E-state index is -0.478. The maximum Gasteiger partial charge on any atom is 0.258 e. The van der Waals surface area contributed by atoms with Crippen molar-refractivity contribution >= 4 is 17.8 Å². The zero-order valence-electron chi connectivity index (χ0n) is 19.0. The van der Waals surface area contributed by atoms with Crippen molar-refractivity contribution in [1.82, 2.24) is 20.2 Å². The molecule has 0 radical (unpaired) electrons. The topological polar surface area (TPSA) is 87.2 Å². The van der Waals surface area contributed by atoms with Gasteiger partial charge in [0.15, 0.2) is 0 Å². The van der Waals surface area contributed by atoms with Crippen LogP contribution >= 0.6 is 0 Å². The molecule has 0 atom stereocenters. The van der Waals surface area contributed by atoms with Gasteiger partial charge in [0.1, 0.15) is 5.82 Å². The van der Waals surface area contributed by atoms with Crippen LogP contribution in [-0.4, -0.2) is 45.8 Å². The number of hydrogen-bond acceptors (Lipinski definition) is 5. The molecule has 2 N–H and O–H groups in total. The Hall–Kier alpha value is -3.81. The zero-order chi connectivity index (χ0) is 23.8. The van der Waals surface area contributed by atoms with Crippen LogP contribution in [0.2, 0.25) is 0 Å². The van der Waals surface area contributed by atoms with Crippen LogP contribution in [-0.2, 0) is 11.3 Å². The van der Waals surface area contributed by atoms with E-state index in [9.17, 15) is 14.0 Å². The van der Waals surface area contributed by atoms with Crippen LogP contribution in [0.15, 0.2) is 60.8 Å². The summed E-state index contributed by atoms with van der Waals surface area (Å²) in [5, 5.41) is 5.68. The first kappa shape index (κ1) is 23.8. The van der Waals surface area contributed by atoms with Gasteiger partial charge >= 0.3 is 0 Å². The first-order chi connectivity index (χ1) is 15.9. The Balaban J connectivity index is 1.95. The fourth-order valence-electron chi connectivity index (χ4n) is 3.32. The van der Waals surface area contributed by atoms with Gasteiger partial charge in [0, 0.05) is 44.4 Å². The molecule has 0 spiro atoms. The minimum Gasteiger partial charge on any atom is -0.355 e. The van der Waals surface area contributed by atoms with Crippen molar-refractivity contribution in [2.45, 2.75) is 33.4 Å². The van der Waals surface area contributed by atoms with Crippen molar-refractivity contribution in [3.8, 4) is 11.3 Å². The minimum absolute atomic E-state index is 0.0957. The number of carbonyl (C=O) groups is 2. The van der Waals surface area contributed by atoms with Gasteiger partial charge in [-0.15, -0.1) is 0 Å². The number of carbonyl (C=O) groups excluding carboxylic acids is 2. The van der Waals surface area contributed by atoms with Gasteiger partial charge in [-0.1, -0.05) is 42.5 Å². The summed E-state index contributed by atoms with van der Waals surface area (Å²) in [5.41, 5.74) is 1.65. The van der Waals surface area contributed by atoms with Gasteiger partial charge in [-0.25, -0.2) is 14.4 Å². The highest BCUT2D eigenvalue weighted by Gasteiger charge is 2.25. The fourth-order valence-corrected chi connectivity index (χ4v) is 3.32. The van der Waals surface area contributed by atoms with Crippen molar-refractivity contribution in [2.75, 3.05) is 18.4 Å². The number of anilines is 1. The maximum absolute atomic E-state index is 14.7. The van der Waals surface area contributed by atoms with E-state index >= 15 is 0 Å². The molecule has 2 aromatic carbocycles. The lowest BCUT2D eigenvalue weighted by Gasteiger charge is -2.27. The van der Waals surface area contributed by atoms with Gasteiger partial charge in [-0.05, 0) is 31.5 Å². The quantitative estimate of drug-likeness (QED) is 0.484. The molecular weight excluding hydrogens is 421 g/mol.